The van der Waals surface area contributed by atoms with Crippen molar-refractivity contribution in [2.24, 2.45) is 0 Å². The summed E-state index contributed by atoms with van der Waals surface area (Å²) in [6, 6.07) is 51.2. The second-order valence-corrected chi connectivity index (χ2v) is 16.1. The predicted molar refractivity (Wildman–Crippen MR) is 215 cm³/mol. The lowest BCUT2D eigenvalue weighted by Gasteiger charge is -2.49. The smallest absolute Gasteiger partial charge is 0.137 e. The van der Waals surface area contributed by atoms with Crippen molar-refractivity contribution in [3.8, 4) is 22.3 Å². The Labute approximate surface area is 300 Å². The molecule has 0 bridgehead atoms. The molecule has 0 unspecified atom stereocenters. The molecule has 0 saturated carbocycles. The molecule has 0 fully saturated rings. The molecular weight excluding hydrogens is 619 g/mol. The molecule has 0 aliphatic heterocycles. The highest BCUT2D eigenvalue weighted by molar-refractivity contribution is 6.10. The number of fused-ring (bicyclic) bond motifs is 13. The van der Waals surface area contributed by atoms with Gasteiger partial charge in [-0.3, -0.25) is 0 Å². The molecule has 2 aliphatic rings. The van der Waals surface area contributed by atoms with E-state index in [1.165, 1.54) is 55.3 Å². The van der Waals surface area contributed by atoms with E-state index < -0.39 is 0 Å². The predicted octanol–water partition coefficient (Wildman–Crippen LogP) is 13.8. The maximum absolute atomic E-state index is 6.39. The van der Waals surface area contributed by atoms with Gasteiger partial charge in [-0.05, 0) is 103 Å². The Bertz CT molecular complexity index is 2720. The number of rotatable bonds is 3. The number of anilines is 3. The highest BCUT2D eigenvalue weighted by Gasteiger charge is 2.50. The lowest BCUT2D eigenvalue weighted by molar-refractivity contribution is 0.301. The molecule has 248 valence electrons. The van der Waals surface area contributed by atoms with E-state index in [2.05, 4.69) is 174 Å². The average Bonchev–Trinajstić information content (AvgIpc) is 3.62. The van der Waals surface area contributed by atoms with E-state index in [0.29, 0.717) is 0 Å². The van der Waals surface area contributed by atoms with Crippen molar-refractivity contribution in [2.45, 2.75) is 57.8 Å². The number of furan rings is 1. The van der Waals surface area contributed by atoms with E-state index in [9.17, 15) is 0 Å². The summed E-state index contributed by atoms with van der Waals surface area (Å²) in [5, 5.41) is 5.03. The van der Waals surface area contributed by atoms with Gasteiger partial charge in [0.05, 0.1) is 0 Å². The molecule has 8 aromatic rings. The second kappa shape index (κ2) is 10.2. The first-order chi connectivity index (χ1) is 24.6. The van der Waals surface area contributed by atoms with Gasteiger partial charge in [0.25, 0.3) is 0 Å². The summed E-state index contributed by atoms with van der Waals surface area (Å²) in [6.07, 6.45) is 0. The molecule has 0 atom stereocenters. The fraction of sp³-hybridized carbons (Fsp3) is 0.184. The summed E-state index contributed by atoms with van der Waals surface area (Å²) >= 11 is 0. The van der Waals surface area contributed by atoms with Crippen molar-refractivity contribution in [1.29, 1.82) is 0 Å². The zero-order valence-electron chi connectivity index (χ0n) is 30.1. The van der Waals surface area contributed by atoms with Gasteiger partial charge in [-0.15, -0.1) is 0 Å². The Morgan fingerprint density at radius 3 is 1.76 bits per heavy atom. The minimum atomic E-state index is -0.230. The van der Waals surface area contributed by atoms with Gasteiger partial charge in [-0.1, -0.05) is 133 Å². The van der Waals surface area contributed by atoms with Crippen LogP contribution >= 0.6 is 0 Å². The van der Waals surface area contributed by atoms with Crippen molar-refractivity contribution in [3.63, 3.8) is 0 Å². The minimum absolute atomic E-state index is 0.0501. The Morgan fingerprint density at radius 1 is 0.412 bits per heavy atom. The first kappa shape index (κ1) is 30.2. The van der Waals surface area contributed by atoms with Gasteiger partial charge in [-0.2, -0.15) is 0 Å². The summed E-state index contributed by atoms with van der Waals surface area (Å²) in [6.45, 7) is 14.6. The molecule has 0 amide bonds. The van der Waals surface area contributed by atoms with Crippen LogP contribution in [0, 0.1) is 0 Å². The molecule has 10 rings (SSSR count). The molecule has 2 nitrogen and oxygen atoms in total. The fourth-order valence-corrected chi connectivity index (χ4v) is 9.59. The van der Waals surface area contributed by atoms with Gasteiger partial charge in [-0.25, -0.2) is 0 Å². The van der Waals surface area contributed by atoms with Gasteiger partial charge >= 0.3 is 0 Å². The number of para-hydroxylation sites is 2. The molecule has 1 aromatic heterocycles. The zero-order chi connectivity index (χ0) is 34.9. The van der Waals surface area contributed by atoms with Crippen molar-refractivity contribution >= 4 is 49.8 Å². The molecule has 51 heavy (non-hydrogen) atoms. The Kier molecular flexibility index (Phi) is 6.07. The monoisotopic (exact) mass is 659 g/mol. The van der Waals surface area contributed by atoms with Gasteiger partial charge < -0.3 is 9.32 Å². The third kappa shape index (κ3) is 3.94. The highest BCUT2D eigenvalue weighted by atomic mass is 16.3. The number of benzene rings is 7. The largest absolute Gasteiger partial charge is 0.456 e. The Balaban J connectivity index is 1.24. The van der Waals surface area contributed by atoms with E-state index in [1.54, 1.807) is 0 Å². The van der Waals surface area contributed by atoms with E-state index in [1.807, 2.05) is 12.1 Å². The number of nitrogens with zero attached hydrogens (tertiary/aromatic N) is 1. The first-order valence-electron chi connectivity index (χ1n) is 18.2. The fourth-order valence-electron chi connectivity index (χ4n) is 9.59. The lowest BCUT2D eigenvalue weighted by atomic mass is 9.54. The standard InChI is InChI=1S/C49H41NO/c1-47(2)40-28-31(50(30-16-8-7-9-17-30)32-24-26-34-33-18-13-15-23-41(33)51-42(34)29-32)25-27-38(40)43-44-37-21-12-14-22-39(37)48(3,4)49(5,6)46(44)36-20-11-10-19-35(36)45(43)47/h7-29H,1-6H3. The second-order valence-electron chi connectivity index (χ2n) is 16.1. The van der Waals surface area contributed by atoms with Crippen LogP contribution < -0.4 is 4.90 Å². The quantitative estimate of drug-likeness (QED) is 0.188. The van der Waals surface area contributed by atoms with Crippen LogP contribution in [0.15, 0.2) is 144 Å². The summed E-state index contributed by atoms with van der Waals surface area (Å²) in [5.74, 6) is 0. The Morgan fingerprint density at radius 2 is 0.980 bits per heavy atom. The summed E-state index contributed by atoms with van der Waals surface area (Å²) in [7, 11) is 0. The summed E-state index contributed by atoms with van der Waals surface area (Å²) < 4.78 is 6.39. The van der Waals surface area contributed by atoms with Crippen LogP contribution in [0.4, 0.5) is 17.1 Å². The molecule has 0 radical (unpaired) electrons. The minimum Gasteiger partial charge on any atom is -0.456 e. The third-order valence-corrected chi connectivity index (χ3v) is 12.7. The molecule has 2 heteroatoms. The zero-order valence-corrected chi connectivity index (χ0v) is 30.1. The van der Waals surface area contributed by atoms with Crippen molar-refractivity contribution in [2.75, 3.05) is 4.90 Å². The van der Waals surface area contributed by atoms with E-state index in [-0.39, 0.29) is 16.2 Å². The topological polar surface area (TPSA) is 16.4 Å². The maximum Gasteiger partial charge on any atom is 0.137 e. The average molecular weight is 660 g/mol. The lowest BCUT2D eigenvalue weighted by Crippen LogP contribution is -2.44. The number of hydrogen-bond acceptors (Lipinski definition) is 2. The molecular formula is C49H41NO. The van der Waals surface area contributed by atoms with Crippen LogP contribution in [0.25, 0.3) is 55.0 Å². The van der Waals surface area contributed by atoms with Crippen molar-refractivity contribution in [1.82, 2.24) is 0 Å². The van der Waals surface area contributed by atoms with Gasteiger partial charge in [0, 0.05) is 44.7 Å². The Hall–Kier alpha value is -5.60. The maximum atomic E-state index is 6.39. The summed E-state index contributed by atoms with van der Waals surface area (Å²) in [5.41, 5.74) is 16.0. The van der Waals surface area contributed by atoms with Crippen LogP contribution in [-0.4, -0.2) is 0 Å². The van der Waals surface area contributed by atoms with E-state index >= 15 is 0 Å². The third-order valence-electron chi connectivity index (χ3n) is 12.7. The molecule has 7 aromatic carbocycles. The van der Waals surface area contributed by atoms with Crippen molar-refractivity contribution < 1.29 is 4.42 Å². The SMILES string of the molecule is CC1(C)c2cc(N(c3ccccc3)c3ccc4c(c3)oc3ccccc34)ccc2-c2c3c(c4ccccc4c21)C(C)(C)C(C)(C)c1ccccc1-3. The summed E-state index contributed by atoms with van der Waals surface area (Å²) in [4.78, 5) is 2.38. The van der Waals surface area contributed by atoms with Gasteiger partial charge in [0.1, 0.15) is 11.2 Å². The van der Waals surface area contributed by atoms with Crippen LogP contribution in [0.2, 0.25) is 0 Å². The molecule has 0 spiro atoms. The normalized spacial score (nSPS) is 16.1. The molecule has 0 N–H and O–H groups in total. The van der Waals surface area contributed by atoms with E-state index in [4.69, 9.17) is 4.42 Å². The van der Waals surface area contributed by atoms with Gasteiger partial charge in [0.2, 0.25) is 0 Å². The van der Waals surface area contributed by atoms with Crippen LogP contribution in [0.1, 0.15) is 63.8 Å². The molecule has 0 saturated heterocycles. The molecule has 2 aliphatic carbocycles. The number of hydrogen-bond donors (Lipinski definition) is 0. The molecule has 1 heterocycles. The van der Waals surface area contributed by atoms with Crippen LogP contribution in [-0.2, 0) is 16.2 Å². The van der Waals surface area contributed by atoms with Crippen LogP contribution in [0.3, 0.4) is 0 Å². The van der Waals surface area contributed by atoms with Crippen molar-refractivity contribution in [3.05, 3.63) is 162 Å². The first-order valence-corrected chi connectivity index (χ1v) is 18.2. The van der Waals surface area contributed by atoms with E-state index in [0.717, 1.165) is 39.0 Å². The highest BCUT2D eigenvalue weighted by Crippen LogP contribution is 2.63. The van der Waals surface area contributed by atoms with Crippen LogP contribution in [0.5, 0.6) is 0 Å². The van der Waals surface area contributed by atoms with Gasteiger partial charge in [0.15, 0.2) is 0 Å².